The van der Waals surface area contributed by atoms with Crippen molar-refractivity contribution in [2.45, 2.75) is 35.6 Å². The highest BCUT2D eigenvalue weighted by atomic mass is 32.2. The number of rotatable bonds is 3. The van der Waals surface area contributed by atoms with Crippen LogP contribution in [0.4, 0.5) is 0 Å². The Kier molecular flexibility index (Phi) is 3.16. The lowest BCUT2D eigenvalue weighted by molar-refractivity contribution is 0.0220. The largest absolute Gasteiger partial charge is 0.370 e. The lowest BCUT2D eigenvalue weighted by atomic mass is 10.1. The van der Waals surface area contributed by atoms with Gasteiger partial charge in [0.25, 0.3) is 0 Å². The zero-order valence-electron chi connectivity index (χ0n) is 10.7. The summed E-state index contributed by atoms with van der Waals surface area (Å²) in [6.07, 6.45) is 1.39. The van der Waals surface area contributed by atoms with E-state index in [-0.39, 0.29) is 11.0 Å². The predicted octanol–water partition coefficient (Wildman–Crippen LogP) is 1.23. The first kappa shape index (κ1) is 13.4. The zero-order valence-corrected chi connectivity index (χ0v) is 12.4. The van der Waals surface area contributed by atoms with Crippen LogP contribution in [-0.4, -0.2) is 30.4 Å². The molecule has 1 fully saturated rings. The van der Waals surface area contributed by atoms with E-state index in [1.165, 1.54) is 0 Å². The molecule has 0 aromatic heterocycles. The smallest absolute Gasteiger partial charge is 0.178 e. The Morgan fingerprint density at radius 3 is 3.05 bits per heavy atom. The molecule has 3 rings (SSSR count). The Bertz CT molecular complexity index is 614. The van der Waals surface area contributed by atoms with Crippen molar-refractivity contribution in [3.05, 3.63) is 29.3 Å². The predicted molar refractivity (Wildman–Crippen MR) is 75.8 cm³/mol. The van der Waals surface area contributed by atoms with Gasteiger partial charge >= 0.3 is 0 Å². The molecule has 2 aliphatic rings. The second kappa shape index (κ2) is 4.48. The van der Waals surface area contributed by atoms with Gasteiger partial charge < -0.3 is 5.11 Å². The molecule has 0 saturated carbocycles. The van der Waals surface area contributed by atoms with Crippen molar-refractivity contribution in [3.63, 3.8) is 0 Å². The highest BCUT2D eigenvalue weighted by Crippen LogP contribution is 2.45. The summed E-state index contributed by atoms with van der Waals surface area (Å²) in [5.74, 6) is 0.850. The minimum atomic E-state index is -3.23. The van der Waals surface area contributed by atoms with Gasteiger partial charge in [0.1, 0.15) is 0 Å². The van der Waals surface area contributed by atoms with E-state index in [1.807, 2.05) is 13.0 Å². The van der Waals surface area contributed by atoms with E-state index in [0.717, 1.165) is 17.5 Å². The van der Waals surface area contributed by atoms with E-state index in [9.17, 15) is 13.5 Å². The SMILES string of the molecule is CCCS(=O)(=O)c1ccc2c(c1)C1(O)NCSC1C2. The van der Waals surface area contributed by atoms with Gasteiger partial charge in [0.05, 0.1) is 15.9 Å². The van der Waals surface area contributed by atoms with Crippen LogP contribution in [0.25, 0.3) is 0 Å². The number of hydrogen-bond donors (Lipinski definition) is 2. The molecule has 1 aromatic carbocycles. The Balaban J connectivity index is 2.06. The van der Waals surface area contributed by atoms with Crippen LogP contribution in [0, 0.1) is 0 Å². The molecule has 1 aromatic rings. The van der Waals surface area contributed by atoms with Crippen LogP contribution in [0.15, 0.2) is 23.1 Å². The highest BCUT2D eigenvalue weighted by molar-refractivity contribution is 8.00. The molecule has 19 heavy (non-hydrogen) atoms. The van der Waals surface area contributed by atoms with Gasteiger partial charge in [-0.3, -0.25) is 5.32 Å². The van der Waals surface area contributed by atoms with E-state index >= 15 is 0 Å². The molecule has 1 aliphatic heterocycles. The minimum Gasteiger partial charge on any atom is -0.370 e. The molecule has 0 amide bonds. The van der Waals surface area contributed by atoms with E-state index < -0.39 is 15.6 Å². The van der Waals surface area contributed by atoms with Crippen molar-refractivity contribution in [1.29, 1.82) is 0 Å². The maximum absolute atomic E-state index is 12.1. The fraction of sp³-hybridized carbons (Fsp3) is 0.538. The third kappa shape index (κ3) is 2.01. The van der Waals surface area contributed by atoms with Gasteiger partial charge in [-0.1, -0.05) is 13.0 Å². The van der Waals surface area contributed by atoms with Crippen molar-refractivity contribution < 1.29 is 13.5 Å². The van der Waals surface area contributed by atoms with E-state index in [2.05, 4.69) is 5.32 Å². The van der Waals surface area contributed by atoms with E-state index in [4.69, 9.17) is 0 Å². The van der Waals surface area contributed by atoms with Crippen LogP contribution in [0.1, 0.15) is 24.5 Å². The highest BCUT2D eigenvalue weighted by Gasteiger charge is 2.49. The molecule has 1 saturated heterocycles. The monoisotopic (exact) mass is 299 g/mol. The van der Waals surface area contributed by atoms with Crippen LogP contribution < -0.4 is 5.32 Å². The Labute approximate surface area is 117 Å². The van der Waals surface area contributed by atoms with E-state index in [1.54, 1.807) is 23.9 Å². The van der Waals surface area contributed by atoms with Crippen molar-refractivity contribution in [2.24, 2.45) is 0 Å². The average molecular weight is 299 g/mol. The summed E-state index contributed by atoms with van der Waals surface area (Å²) in [6, 6.07) is 5.16. The van der Waals surface area contributed by atoms with Gasteiger partial charge in [-0.05, 0) is 30.5 Å². The molecule has 2 unspecified atom stereocenters. The van der Waals surface area contributed by atoms with Gasteiger partial charge in [-0.2, -0.15) is 0 Å². The van der Waals surface area contributed by atoms with Crippen LogP contribution >= 0.6 is 11.8 Å². The maximum atomic E-state index is 12.1. The summed E-state index contributed by atoms with van der Waals surface area (Å²) in [4.78, 5) is 0.320. The second-order valence-electron chi connectivity index (χ2n) is 5.08. The normalized spacial score (nSPS) is 29.3. The fourth-order valence-electron chi connectivity index (χ4n) is 2.83. The van der Waals surface area contributed by atoms with Gasteiger partial charge in [-0.25, -0.2) is 8.42 Å². The van der Waals surface area contributed by atoms with Gasteiger partial charge in [0, 0.05) is 11.4 Å². The minimum absolute atomic E-state index is 0.0895. The molecule has 1 heterocycles. The number of sulfone groups is 1. The Hall–Kier alpha value is -0.560. The third-order valence-corrected chi connectivity index (χ3v) is 6.96. The van der Waals surface area contributed by atoms with Gasteiger partial charge in [-0.15, -0.1) is 11.8 Å². The van der Waals surface area contributed by atoms with Gasteiger partial charge in [0.15, 0.2) is 15.6 Å². The number of aliphatic hydroxyl groups is 1. The Morgan fingerprint density at radius 2 is 2.32 bits per heavy atom. The summed E-state index contributed by atoms with van der Waals surface area (Å²) in [6.45, 7) is 1.85. The standard InChI is InChI=1S/C13H17NO3S2/c1-2-5-19(16,17)10-4-3-9-6-12-13(15,11(9)7-10)14-8-18-12/h3-4,7,12,14-15H,2,5-6,8H2,1H3. The van der Waals surface area contributed by atoms with Crippen LogP contribution in [0.3, 0.4) is 0 Å². The van der Waals surface area contributed by atoms with Crippen molar-refractivity contribution in [1.82, 2.24) is 5.32 Å². The quantitative estimate of drug-likeness (QED) is 0.879. The van der Waals surface area contributed by atoms with Crippen LogP contribution in [0.5, 0.6) is 0 Å². The molecule has 0 radical (unpaired) electrons. The fourth-order valence-corrected chi connectivity index (χ4v) is 5.43. The number of benzene rings is 1. The number of thioether (sulfide) groups is 1. The molecule has 1 aliphatic carbocycles. The first-order chi connectivity index (χ1) is 8.97. The second-order valence-corrected chi connectivity index (χ2v) is 8.38. The molecule has 104 valence electrons. The summed E-state index contributed by atoms with van der Waals surface area (Å²) >= 11 is 1.68. The summed E-state index contributed by atoms with van der Waals surface area (Å²) in [5, 5.41) is 13.9. The third-order valence-electron chi connectivity index (χ3n) is 3.82. The molecular weight excluding hydrogens is 282 g/mol. The number of fused-ring (bicyclic) bond motifs is 3. The lowest BCUT2D eigenvalue weighted by Gasteiger charge is -2.23. The number of hydrogen-bond acceptors (Lipinski definition) is 5. The first-order valence-corrected chi connectivity index (χ1v) is 9.12. The first-order valence-electron chi connectivity index (χ1n) is 6.42. The molecular formula is C13H17NO3S2. The van der Waals surface area contributed by atoms with Crippen molar-refractivity contribution in [2.75, 3.05) is 11.6 Å². The molecule has 4 nitrogen and oxygen atoms in total. The summed E-state index contributed by atoms with van der Waals surface area (Å²) < 4.78 is 24.2. The lowest BCUT2D eigenvalue weighted by Crippen LogP contribution is -2.41. The molecule has 0 spiro atoms. The van der Waals surface area contributed by atoms with Crippen LogP contribution in [-0.2, 0) is 22.0 Å². The maximum Gasteiger partial charge on any atom is 0.178 e. The molecule has 0 bridgehead atoms. The molecule has 6 heteroatoms. The molecule has 2 N–H and O–H groups in total. The average Bonchev–Trinajstić information content (AvgIpc) is 2.83. The Morgan fingerprint density at radius 1 is 1.53 bits per heavy atom. The summed E-state index contributed by atoms with van der Waals surface area (Å²) in [5.41, 5.74) is 0.722. The van der Waals surface area contributed by atoms with Crippen LogP contribution in [0.2, 0.25) is 0 Å². The topological polar surface area (TPSA) is 66.4 Å². The summed E-state index contributed by atoms with van der Waals surface area (Å²) in [7, 11) is -3.23. The molecule has 2 atom stereocenters. The van der Waals surface area contributed by atoms with E-state index in [0.29, 0.717) is 17.2 Å². The number of nitrogens with one attached hydrogen (secondary N) is 1. The van der Waals surface area contributed by atoms with Crippen molar-refractivity contribution in [3.8, 4) is 0 Å². The van der Waals surface area contributed by atoms with Gasteiger partial charge in [0.2, 0.25) is 0 Å². The van der Waals surface area contributed by atoms with Crippen molar-refractivity contribution >= 4 is 21.6 Å². The zero-order chi connectivity index (χ0) is 13.7.